The van der Waals surface area contributed by atoms with Gasteiger partial charge in [-0.2, -0.15) is 0 Å². The molecule has 0 fully saturated rings. The second kappa shape index (κ2) is 8.90. The zero-order chi connectivity index (χ0) is 19.1. The number of carbonyl (C=O) groups is 1. The summed E-state index contributed by atoms with van der Waals surface area (Å²) in [7, 11) is 0. The molecule has 3 aromatic rings. The summed E-state index contributed by atoms with van der Waals surface area (Å²) in [5, 5.41) is 6.20. The highest BCUT2D eigenvalue weighted by atomic mass is 16.5. The molecule has 0 aliphatic rings. The van der Waals surface area contributed by atoms with E-state index in [0.29, 0.717) is 5.75 Å². The SMILES string of the molecule is CCc1ccc(O[C@H](C)C(=O)Nc2ccc(Nc3ccccc3)cc2)cc1. The number of benzene rings is 3. The number of nitrogens with one attached hydrogen (secondary N) is 2. The van der Waals surface area contributed by atoms with Gasteiger partial charge in [0.1, 0.15) is 5.75 Å². The Morgan fingerprint density at radius 3 is 2.07 bits per heavy atom. The number of aryl methyl sites for hydroxylation is 1. The van der Waals surface area contributed by atoms with Crippen LogP contribution in [-0.2, 0) is 11.2 Å². The fourth-order valence-electron chi connectivity index (χ4n) is 2.63. The van der Waals surface area contributed by atoms with E-state index in [2.05, 4.69) is 17.6 Å². The molecule has 4 heteroatoms. The van der Waals surface area contributed by atoms with Crippen LogP contribution in [0.1, 0.15) is 19.4 Å². The van der Waals surface area contributed by atoms with Crippen molar-refractivity contribution >= 4 is 23.0 Å². The minimum atomic E-state index is -0.584. The van der Waals surface area contributed by atoms with Crippen molar-refractivity contribution < 1.29 is 9.53 Å². The topological polar surface area (TPSA) is 50.4 Å². The van der Waals surface area contributed by atoms with Crippen LogP contribution in [0.25, 0.3) is 0 Å². The Hall–Kier alpha value is -3.27. The first-order valence-electron chi connectivity index (χ1n) is 9.12. The van der Waals surface area contributed by atoms with E-state index in [1.165, 1.54) is 5.56 Å². The molecule has 0 saturated heterocycles. The zero-order valence-corrected chi connectivity index (χ0v) is 15.6. The molecule has 0 unspecified atom stereocenters. The number of hydrogen-bond acceptors (Lipinski definition) is 3. The van der Waals surface area contributed by atoms with E-state index in [-0.39, 0.29) is 5.91 Å². The minimum Gasteiger partial charge on any atom is -0.481 e. The standard InChI is InChI=1S/C23H24N2O2/c1-3-18-9-15-22(16-10-18)27-17(2)23(26)25-21-13-11-20(12-14-21)24-19-7-5-4-6-8-19/h4-17,24H,3H2,1-2H3,(H,25,26)/t17-/m1/s1. The maximum absolute atomic E-state index is 12.4. The van der Waals surface area contributed by atoms with Gasteiger partial charge in [-0.3, -0.25) is 4.79 Å². The van der Waals surface area contributed by atoms with E-state index in [1.807, 2.05) is 78.9 Å². The highest BCUT2D eigenvalue weighted by molar-refractivity contribution is 5.94. The third-order valence-corrected chi connectivity index (χ3v) is 4.23. The molecule has 1 atom stereocenters. The first-order valence-corrected chi connectivity index (χ1v) is 9.12. The van der Waals surface area contributed by atoms with Gasteiger partial charge in [-0.25, -0.2) is 0 Å². The molecule has 0 bridgehead atoms. The van der Waals surface area contributed by atoms with Gasteiger partial charge in [0, 0.05) is 17.1 Å². The smallest absolute Gasteiger partial charge is 0.265 e. The first-order chi connectivity index (χ1) is 13.1. The van der Waals surface area contributed by atoms with Crippen LogP contribution in [0, 0.1) is 0 Å². The van der Waals surface area contributed by atoms with Crippen LogP contribution >= 0.6 is 0 Å². The van der Waals surface area contributed by atoms with Gasteiger partial charge in [0.05, 0.1) is 0 Å². The highest BCUT2D eigenvalue weighted by Crippen LogP contribution is 2.19. The van der Waals surface area contributed by atoms with Gasteiger partial charge in [0.2, 0.25) is 0 Å². The van der Waals surface area contributed by atoms with Crippen molar-refractivity contribution in [3.05, 3.63) is 84.4 Å². The summed E-state index contributed by atoms with van der Waals surface area (Å²) in [4.78, 5) is 12.4. The number of para-hydroxylation sites is 1. The fraction of sp³-hybridized carbons (Fsp3) is 0.174. The summed E-state index contributed by atoms with van der Waals surface area (Å²) in [6.07, 6.45) is 0.394. The lowest BCUT2D eigenvalue weighted by atomic mass is 10.2. The van der Waals surface area contributed by atoms with Crippen LogP contribution in [0.15, 0.2) is 78.9 Å². The van der Waals surface area contributed by atoms with E-state index in [9.17, 15) is 4.79 Å². The lowest BCUT2D eigenvalue weighted by Crippen LogP contribution is -2.30. The Morgan fingerprint density at radius 1 is 0.852 bits per heavy atom. The Bertz CT molecular complexity index is 859. The van der Waals surface area contributed by atoms with Crippen molar-refractivity contribution in [1.82, 2.24) is 0 Å². The van der Waals surface area contributed by atoms with Crippen molar-refractivity contribution in [3.8, 4) is 5.75 Å². The molecule has 0 aliphatic carbocycles. The minimum absolute atomic E-state index is 0.182. The van der Waals surface area contributed by atoms with E-state index in [1.54, 1.807) is 6.92 Å². The van der Waals surface area contributed by atoms with Gasteiger partial charge in [-0.05, 0) is 67.4 Å². The Labute approximate surface area is 160 Å². The molecular formula is C23H24N2O2. The Morgan fingerprint density at radius 2 is 1.44 bits per heavy atom. The predicted molar refractivity (Wildman–Crippen MR) is 111 cm³/mol. The molecule has 0 spiro atoms. The molecular weight excluding hydrogens is 336 g/mol. The molecule has 2 N–H and O–H groups in total. The second-order valence-electron chi connectivity index (χ2n) is 6.32. The van der Waals surface area contributed by atoms with Crippen molar-refractivity contribution in [2.75, 3.05) is 10.6 Å². The monoisotopic (exact) mass is 360 g/mol. The summed E-state index contributed by atoms with van der Waals surface area (Å²) in [6.45, 7) is 3.85. The number of hydrogen-bond donors (Lipinski definition) is 2. The molecule has 0 heterocycles. The Balaban J connectivity index is 1.54. The number of anilines is 3. The van der Waals surface area contributed by atoms with Crippen LogP contribution in [0.4, 0.5) is 17.1 Å². The molecule has 1 amide bonds. The molecule has 3 aromatic carbocycles. The zero-order valence-electron chi connectivity index (χ0n) is 15.6. The third kappa shape index (κ3) is 5.35. The summed E-state index contributed by atoms with van der Waals surface area (Å²) >= 11 is 0. The number of amides is 1. The van der Waals surface area contributed by atoms with Crippen molar-refractivity contribution in [1.29, 1.82) is 0 Å². The Kier molecular flexibility index (Phi) is 6.10. The van der Waals surface area contributed by atoms with Gasteiger partial charge in [-0.15, -0.1) is 0 Å². The summed E-state index contributed by atoms with van der Waals surface area (Å²) in [5.41, 5.74) is 3.95. The van der Waals surface area contributed by atoms with Gasteiger partial charge in [0.25, 0.3) is 5.91 Å². The largest absolute Gasteiger partial charge is 0.481 e. The molecule has 0 saturated carbocycles. The maximum Gasteiger partial charge on any atom is 0.265 e. The average Bonchev–Trinajstić information content (AvgIpc) is 2.71. The molecule has 3 rings (SSSR count). The summed E-state index contributed by atoms with van der Waals surface area (Å²) in [6, 6.07) is 25.3. The van der Waals surface area contributed by atoms with Crippen molar-refractivity contribution in [2.45, 2.75) is 26.4 Å². The normalized spacial score (nSPS) is 11.5. The van der Waals surface area contributed by atoms with Gasteiger partial charge >= 0.3 is 0 Å². The number of rotatable bonds is 7. The molecule has 4 nitrogen and oxygen atoms in total. The van der Waals surface area contributed by atoms with Gasteiger partial charge < -0.3 is 15.4 Å². The number of carbonyl (C=O) groups excluding carboxylic acids is 1. The molecule has 27 heavy (non-hydrogen) atoms. The van der Waals surface area contributed by atoms with Crippen molar-refractivity contribution in [2.24, 2.45) is 0 Å². The van der Waals surface area contributed by atoms with Gasteiger partial charge in [-0.1, -0.05) is 37.3 Å². The lowest BCUT2D eigenvalue weighted by molar-refractivity contribution is -0.122. The quantitative estimate of drug-likeness (QED) is 0.593. The maximum atomic E-state index is 12.4. The molecule has 138 valence electrons. The molecule has 0 aliphatic heterocycles. The van der Waals surface area contributed by atoms with E-state index in [0.717, 1.165) is 23.5 Å². The van der Waals surface area contributed by atoms with Crippen LogP contribution < -0.4 is 15.4 Å². The first kappa shape index (κ1) is 18.5. The lowest BCUT2D eigenvalue weighted by Gasteiger charge is -2.15. The van der Waals surface area contributed by atoms with Crippen molar-refractivity contribution in [3.63, 3.8) is 0 Å². The third-order valence-electron chi connectivity index (χ3n) is 4.23. The highest BCUT2D eigenvalue weighted by Gasteiger charge is 2.14. The van der Waals surface area contributed by atoms with E-state index in [4.69, 9.17) is 4.74 Å². The van der Waals surface area contributed by atoms with Crippen LogP contribution in [-0.4, -0.2) is 12.0 Å². The van der Waals surface area contributed by atoms with Crippen LogP contribution in [0.5, 0.6) is 5.75 Å². The van der Waals surface area contributed by atoms with Crippen LogP contribution in [0.2, 0.25) is 0 Å². The van der Waals surface area contributed by atoms with E-state index >= 15 is 0 Å². The number of ether oxygens (including phenoxy) is 1. The van der Waals surface area contributed by atoms with Crippen LogP contribution in [0.3, 0.4) is 0 Å². The second-order valence-corrected chi connectivity index (χ2v) is 6.32. The molecule has 0 aromatic heterocycles. The summed E-state index contributed by atoms with van der Waals surface area (Å²) in [5.74, 6) is 0.510. The fourth-order valence-corrected chi connectivity index (χ4v) is 2.63. The molecule has 0 radical (unpaired) electrons. The van der Waals surface area contributed by atoms with E-state index < -0.39 is 6.10 Å². The van der Waals surface area contributed by atoms with Gasteiger partial charge in [0.15, 0.2) is 6.10 Å². The predicted octanol–water partition coefficient (Wildman–Crippen LogP) is 5.40. The average molecular weight is 360 g/mol. The summed E-state index contributed by atoms with van der Waals surface area (Å²) < 4.78 is 5.73.